The van der Waals surface area contributed by atoms with Crippen LogP contribution >= 0.6 is 0 Å². The molecule has 0 unspecified atom stereocenters. The van der Waals surface area contributed by atoms with Crippen LogP contribution in [0.15, 0.2) is 85.1 Å². The third-order valence-corrected chi connectivity index (χ3v) is 6.14. The van der Waals surface area contributed by atoms with Crippen molar-refractivity contribution < 1.29 is 32.2 Å². The number of hydrogen-bond donors (Lipinski definition) is 2. The molecule has 2 N–H and O–H groups in total. The minimum atomic E-state index is -4.79. The highest BCUT2D eigenvalue weighted by Gasteiger charge is 2.31. The molecule has 1 aromatic heterocycles. The summed E-state index contributed by atoms with van der Waals surface area (Å²) in [4.78, 5) is 19.2. The number of pyridine rings is 1. The molecule has 3 aromatic carbocycles. The average molecular weight is 551 g/mol. The molecule has 2 heterocycles. The number of rotatable bonds is 8. The lowest BCUT2D eigenvalue weighted by molar-refractivity contribution is -0.274. The molecule has 0 fully saturated rings. The molecule has 1 aliphatic heterocycles. The number of halogens is 3. The second-order valence-corrected chi connectivity index (χ2v) is 9.00. The fraction of sp³-hybridized carbons (Fsp3) is 0.172. The minimum Gasteiger partial charge on any atom is -0.497 e. The fourth-order valence-electron chi connectivity index (χ4n) is 4.35. The lowest BCUT2D eigenvalue weighted by Crippen LogP contribution is -2.20. The first-order valence-corrected chi connectivity index (χ1v) is 12.3. The number of amides is 2. The maximum atomic E-state index is 12.6. The zero-order valence-electron chi connectivity index (χ0n) is 21.4. The molecule has 0 bridgehead atoms. The summed E-state index contributed by atoms with van der Waals surface area (Å²) in [6.45, 7) is 2.21. The Labute approximate surface area is 228 Å². The molecular weight excluding hydrogens is 525 g/mol. The predicted molar refractivity (Wildman–Crippen MR) is 142 cm³/mol. The predicted octanol–water partition coefficient (Wildman–Crippen LogP) is 6.94. The van der Waals surface area contributed by atoms with Gasteiger partial charge in [-0.1, -0.05) is 24.3 Å². The number of anilines is 2. The Bertz CT molecular complexity index is 1480. The number of ether oxygens (including phenoxy) is 3. The van der Waals surface area contributed by atoms with Crippen molar-refractivity contribution in [2.24, 2.45) is 0 Å². The molecular formula is C29H25F3N4O4. The van der Waals surface area contributed by atoms with Gasteiger partial charge in [-0.3, -0.25) is 4.90 Å². The minimum absolute atomic E-state index is 0.202. The van der Waals surface area contributed by atoms with Gasteiger partial charge in [0.05, 0.1) is 7.11 Å². The van der Waals surface area contributed by atoms with Crippen LogP contribution in [0.4, 0.5) is 29.3 Å². The molecule has 40 heavy (non-hydrogen) atoms. The molecule has 0 radical (unpaired) electrons. The summed E-state index contributed by atoms with van der Waals surface area (Å²) in [5.74, 6) is 1.26. The lowest BCUT2D eigenvalue weighted by atomic mass is 10.1. The topological polar surface area (TPSA) is 85.0 Å². The molecule has 0 aliphatic carbocycles. The van der Waals surface area contributed by atoms with E-state index in [2.05, 4.69) is 31.3 Å². The number of benzene rings is 3. The molecule has 8 nitrogen and oxygen atoms in total. The number of methoxy groups -OCH3 is 1. The van der Waals surface area contributed by atoms with Crippen LogP contribution in [0.25, 0.3) is 0 Å². The van der Waals surface area contributed by atoms with Crippen molar-refractivity contribution in [2.45, 2.75) is 26.0 Å². The van der Waals surface area contributed by atoms with Crippen LogP contribution in [-0.4, -0.2) is 29.4 Å². The Morgan fingerprint density at radius 3 is 2.40 bits per heavy atom. The van der Waals surface area contributed by atoms with Gasteiger partial charge in [-0.25, -0.2) is 9.78 Å². The highest BCUT2D eigenvalue weighted by atomic mass is 19.4. The van der Waals surface area contributed by atoms with Crippen LogP contribution in [0.3, 0.4) is 0 Å². The van der Waals surface area contributed by atoms with Crippen LogP contribution in [0, 0.1) is 0 Å². The van der Waals surface area contributed by atoms with E-state index >= 15 is 0 Å². The lowest BCUT2D eigenvalue weighted by Gasteiger charge is -2.16. The number of urea groups is 1. The van der Waals surface area contributed by atoms with Crippen LogP contribution in [-0.2, 0) is 19.6 Å². The largest absolute Gasteiger partial charge is 0.573 e. The fourth-order valence-corrected chi connectivity index (χ4v) is 4.35. The number of fused-ring (bicyclic) bond motifs is 1. The van der Waals surface area contributed by atoms with E-state index in [1.54, 1.807) is 25.4 Å². The normalized spacial score (nSPS) is 12.9. The van der Waals surface area contributed by atoms with E-state index < -0.39 is 12.4 Å². The first-order chi connectivity index (χ1) is 19.3. The first kappa shape index (κ1) is 26.8. The van der Waals surface area contributed by atoms with Crippen molar-refractivity contribution in [3.05, 3.63) is 102 Å². The van der Waals surface area contributed by atoms with Crippen LogP contribution in [0.5, 0.6) is 23.1 Å². The van der Waals surface area contributed by atoms with E-state index in [1.807, 2.05) is 36.4 Å². The van der Waals surface area contributed by atoms with Gasteiger partial charge in [0.15, 0.2) is 0 Å². The van der Waals surface area contributed by atoms with Gasteiger partial charge < -0.3 is 24.8 Å². The van der Waals surface area contributed by atoms with Crippen molar-refractivity contribution in [3.63, 3.8) is 0 Å². The molecule has 2 amide bonds. The molecule has 11 heteroatoms. The third kappa shape index (κ3) is 6.80. The van der Waals surface area contributed by atoms with Gasteiger partial charge in [-0.05, 0) is 65.7 Å². The Morgan fingerprint density at radius 2 is 1.68 bits per heavy atom. The van der Waals surface area contributed by atoms with E-state index in [-0.39, 0.29) is 17.3 Å². The zero-order valence-corrected chi connectivity index (χ0v) is 21.4. The van der Waals surface area contributed by atoms with E-state index in [0.717, 1.165) is 42.1 Å². The number of carbonyl (C=O) groups excluding carboxylic acids is 1. The second kappa shape index (κ2) is 11.5. The molecule has 4 aromatic rings. The zero-order chi connectivity index (χ0) is 28.1. The smallest absolute Gasteiger partial charge is 0.497 e. The molecule has 206 valence electrons. The number of aromatic nitrogens is 1. The summed E-state index contributed by atoms with van der Waals surface area (Å²) in [5.41, 5.74) is 3.95. The highest BCUT2D eigenvalue weighted by molar-refractivity contribution is 6.00. The van der Waals surface area contributed by atoms with Gasteiger partial charge in [0.25, 0.3) is 0 Å². The summed E-state index contributed by atoms with van der Waals surface area (Å²) in [6, 6.07) is 21.3. The summed E-state index contributed by atoms with van der Waals surface area (Å²) in [7, 11) is 1.64. The SMILES string of the molecule is COc1ccc(CN2Cc3cccc(Oc4ncccc4NC(=O)Nc4ccc(OC(F)(F)F)cc4)c3C2)cc1. The Morgan fingerprint density at radius 1 is 0.925 bits per heavy atom. The van der Waals surface area contributed by atoms with Gasteiger partial charge >= 0.3 is 12.4 Å². The van der Waals surface area contributed by atoms with Crippen LogP contribution in [0.2, 0.25) is 0 Å². The molecule has 0 atom stereocenters. The van der Waals surface area contributed by atoms with Crippen molar-refractivity contribution in [1.29, 1.82) is 0 Å². The number of hydrogen-bond acceptors (Lipinski definition) is 6. The Hall–Kier alpha value is -4.77. The standard InChI is InChI=1S/C29H25F3N4O4/c1-38-22-11-7-19(8-12-22)16-36-17-20-4-2-6-26(24(20)18-36)39-27-25(5-3-15-33-27)35-28(37)34-21-9-13-23(14-10-21)40-29(30,31)32/h2-15H,16-18H2,1H3,(H2,34,35,37). The van der Waals surface area contributed by atoms with E-state index in [1.165, 1.54) is 17.7 Å². The monoisotopic (exact) mass is 550 g/mol. The van der Waals surface area contributed by atoms with E-state index in [4.69, 9.17) is 9.47 Å². The summed E-state index contributed by atoms with van der Waals surface area (Å²) in [5, 5.41) is 5.25. The number of alkyl halides is 3. The Kier molecular flexibility index (Phi) is 7.74. The number of carbonyl (C=O) groups is 1. The van der Waals surface area contributed by atoms with Crippen LogP contribution < -0.4 is 24.8 Å². The molecule has 0 spiro atoms. The number of nitrogens with one attached hydrogen (secondary N) is 2. The van der Waals surface area contributed by atoms with Gasteiger partial charge in [-0.2, -0.15) is 0 Å². The molecule has 0 saturated heterocycles. The van der Waals surface area contributed by atoms with Crippen molar-refractivity contribution >= 4 is 17.4 Å². The van der Waals surface area contributed by atoms with Gasteiger partial charge in [0, 0.05) is 37.1 Å². The molecule has 1 aliphatic rings. The van der Waals surface area contributed by atoms with Crippen molar-refractivity contribution in [2.75, 3.05) is 17.7 Å². The molecule has 0 saturated carbocycles. The summed E-state index contributed by atoms with van der Waals surface area (Å²) >= 11 is 0. The number of nitrogens with zero attached hydrogens (tertiary/aromatic N) is 2. The van der Waals surface area contributed by atoms with Gasteiger partial charge in [0.2, 0.25) is 5.88 Å². The maximum absolute atomic E-state index is 12.6. The van der Waals surface area contributed by atoms with Gasteiger partial charge in [0.1, 0.15) is 22.9 Å². The van der Waals surface area contributed by atoms with E-state index in [9.17, 15) is 18.0 Å². The molecule has 5 rings (SSSR count). The van der Waals surface area contributed by atoms with E-state index in [0.29, 0.717) is 18.0 Å². The maximum Gasteiger partial charge on any atom is 0.573 e. The van der Waals surface area contributed by atoms with Crippen molar-refractivity contribution in [1.82, 2.24) is 9.88 Å². The third-order valence-electron chi connectivity index (χ3n) is 6.14. The highest BCUT2D eigenvalue weighted by Crippen LogP contribution is 2.36. The summed E-state index contributed by atoms with van der Waals surface area (Å²) < 4.78 is 52.4. The second-order valence-electron chi connectivity index (χ2n) is 9.00. The first-order valence-electron chi connectivity index (χ1n) is 12.3. The average Bonchev–Trinajstić information content (AvgIpc) is 3.34. The Balaban J connectivity index is 1.24. The quantitative estimate of drug-likeness (QED) is 0.247. The van der Waals surface area contributed by atoms with Crippen molar-refractivity contribution in [3.8, 4) is 23.1 Å². The van der Waals surface area contributed by atoms with Crippen LogP contribution in [0.1, 0.15) is 16.7 Å². The van der Waals surface area contributed by atoms with Gasteiger partial charge in [-0.15, -0.1) is 13.2 Å². The summed E-state index contributed by atoms with van der Waals surface area (Å²) in [6.07, 6.45) is -3.24.